The molecule has 1 aliphatic carbocycles. The molecular formula is C28H36N4O3. The average molecular weight is 477 g/mol. The topological polar surface area (TPSA) is 65.1 Å². The molecule has 1 saturated carbocycles. The summed E-state index contributed by atoms with van der Waals surface area (Å²) in [5, 5.41) is 2.98. The Morgan fingerprint density at radius 1 is 0.886 bits per heavy atom. The number of anilines is 1. The summed E-state index contributed by atoms with van der Waals surface area (Å²) < 4.78 is 5.19. The predicted molar refractivity (Wildman–Crippen MR) is 136 cm³/mol. The van der Waals surface area contributed by atoms with E-state index in [1.54, 1.807) is 7.11 Å². The van der Waals surface area contributed by atoms with Crippen LogP contribution in [0.3, 0.4) is 0 Å². The molecule has 0 radical (unpaired) electrons. The lowest BCUT2D eigenvalue weighted by Crippen LogP contribution is -2.59. The lowest BCUT2D eigenvalue weighted by atomic mass is 9.92. The van der Waals surface area contributed by atoms with Crippen LogP contribution in [0, 0.1) is 5.92 Å². The molecule has 5 rings (SSSR count). The van der Waals surface area contributed by atoms with Crippen LogP contribution in [0.5, 0.6) is 5.75 Å². The zero-order chi connectivity index (χ0) is 24.2. The molecular weight excluding hydrogens is 440 g/mol. The standard InChI is InChI=1S/C28H36N4O3/c1-35-25-12-10-24(11-13-25)29-28(34)31-18-16-30(17-19-31)26(22-7-3-4-8-22)27(33)32-15-14-21-6-2-5-9-23(21)20-32/h2,5-6,9-13,22,26H,3-4,7-8,14-20H2,1H3,(H,29,34). The molecule has 2 heterocycles. The van der Waals surface area contributed by atoms with E-state index in [4.69, 9.17) is 4.74 Å². The van der Waals surface area contributed by atoms with Gasteiger partial charge in [-0.3, -0.25) is 9.69 Å². The van der Waals surface area contributed by atoms with E-state index in [1.165, 1.54) is 24.0 Å². The number of ether oxygens (including phenoxy) is 1. The second-order valence-corrected chi connectivity index (χ2v) is 9.95. The number of piperazine rings is 1. The van der Waals surface area contributed by atoms with Crippen molar-refractivity contribution in [2.75, 3.05) is 45.2 Å². The van der Waals surface area contributed by atoms with E-state index in [-0.39, 0.29) is 18.0 Å². The number of benzene rings is 2. The molecule has 1 unspecified atom stereocenters. The Morgan fingerprint density at radius 2 is 1.57 bits per heavy atom. The van der Waals surface area contributed by atoms with E-state index in [2.05, 4.69) is 39.4 Å². The van der Waals surface area contributed by atoms with Crippen molar-refractivity contribution in [2.24, 2.45) is 5.92 Å². The van der Waals surface area contributed by atoms with E-state index in [0.717, 1.165) is 50.3 Å². The third-order valence-electron chi connectivity index (χ3n) is 7.88. The maximum atomic E-state index is 13.9. The van der Waals surface area contributed by atoms with Gasteiger partial charge in [-0.2, -0.15) is 0 Å². The highest BCUT2D eigenvalue weighted by Crippen LogP contribution is 2.33. The number of hydrogen-bond donors (Lipinski definition) is 1. The van der Waals surface area contributed by atoms with E-state index in [1.807, 2.05) is 29.2 Å². The minimum absolute atomic E-state index is 0.0745. The number of amides is 3. The highest BCUT2D eigenvalue weighted by molar-refractivity contribution is 5.89. The van der Waals surface area contributed by atoms with E-state index < -0.39 is 0 Å². The molecule has 3 aliphatic rings. The zero-order valence-electron chi connectivity index (χ0n) is 20.6. The third-order valence-corrected chi connectivity index (χ3v) is 7.88. The third kappa shape index (κ3) is 5.30. The molecule has 35 heavy (non-hydrogen) atoms. The van der Waals surface area contributed by atoms with E-state index >= 15 is 0 Å². The molecule has 186 valence electrons. The summed E-state index contributed by atoms with van der Waals surface area (Å²) in [6.07, 6.45) is 5.60. The first-order valence-corrected chi connectivity index (χ1v) is 12.9. The van der Waals surface area contributed by atoms with Crippen LogP contribution in [0.1, 0.15) is 36.8 Å². The van der Waals surface area contributed by atoms with Crippen LogP contribution in [0.25, 0.3) is 0 Å². The van der Waals surface area contributed by atoms with Crippen LogP contribution in [0.2, 0.25) is 0 Å². The molecule has 1 N–H and O–H groups in total. The van der Waals surface area contributed by atoms with Crippen LogP contribution in [-0.2, 0) is 17.8 Å². The van der Waals surface area contributed by atoms with Gasteiger partial charge in [0.15, 0.2) is 0 Å². The van der Waals surface area contributed by atoms with Crippen LogP contribution < -0.4 is 10.1 Å². The number of hydrogen-bond acceptors (Lipinski definition) is 4. The molecule has 2 aromatic rings. The number of methoxy groups -OCH3 is 1. The van der Waals surface area contributed by atoms with Crippen LogP contribution >= 0.6 is 0 Å². The summed E-state index contributed by atoms with van der Waals surface area (Å²) in [6, 6.07) is 15.7. The molecule has 7 heteroatoms. The van der Waals surface area contributed by atoms with Crippen molar-refractivity contribution in [3.05, 3.63) is 59.7 Å². The summed E-state index contributed by atoms with van der Waals surface area (Å²) in [7, 11) is 1.63. The highest BCUT2D eigenvalue weighted by Gasteiger charge is 2.39. The first-order valence-electron chi connectivity index (χ1n) is 12.9. The Labute approximate surface area is 208 Å². The zero-order valence-corrected chi connectivity index (χ0v) is 20.6. The molecule has 0 aromatic heterocycles. The fraction of sp³-hybridized carbons (Fsp3) is 0.500. The molecule has 1 saturated heterocycles. The van der Waals surface area contributed by atoms with E-state index in [9.17, 15) is 9.59 Å². The van der Waals surface area contributed by atoms with Crippen molar-refractivity contribution in [3.8, 4) is 5.75 Å². The molecule has 3 amide bonds. The van der Waals surface area contributed by atoms with Gasteiger partial charge in [0.05, 0.1) is 13.2 Å². The predicted octanol–water partition coefficient (Wildman–Crippen LogP) is 3.99. The van der Waals surface area contributed by atoms with Crippen LogP contribution in [0.15, 0.2) is 48.5 Å². The van der Waals surface area contributed by atoms with Crippen molar-refractivity contribution < 1.29 is 14.3 Å². The molecule has 2 aromatic carbocycles. The molecule has 0 bridgehead atoms. The number of urea groups is 1. The Bertz CT molecular complexity index is 1030. The van der Waals surface area contributed by atoms with Gasteiger partial charge in [-0.1, -0.05) is 37.1 Å². The largest absolute Gasteiger partial charge is 0.497 e. The molecule has 1 atom stereocenters. The second kappa shape index (κ2) is 10.7. The quantitative estimate of drug-likeness (QED) is 0.709. The minimum atomic E-state index is -0.0915. The smallest absolute Gasteiger partial charge is 0.321 e. The molecule has 7 nitrogen and oxygen atoms in total. The molecule has 2 aliphatic heterocycles. The highest BCUT2D eigenvalue weighted by atomic mass is 16.5. The number of rotatable bonds is 5. The van der Waals surface area contributed by atoms with Gasteiger partial charge in [0.2, 0.25) is 5.91 Å². The van der Waals surface area contributed by atoms with Crippen molar-refractivity contribution in [2.45, 2.75) is 44.7 Å². The normalized spacial score (nSPS) is 19.8. The second-order valence-electron chi connectivity index (χ2n) is 9.95. The average Bonchev–Trinajstić information content (AvgIpc) is 3.43. The summed E-state index contributed by atoms with van der Waals surface area (Å²) in [5.74, 6) is 1.46. The van der Waals surface area contributed by atoms with Crippen molar-refractivity contribution in [1.29, 1.82) is 0 Å². The monoisotopic (exact) mass is 476 g/mol. The Balaban J connectivity index is 1.22. The number of carbonyl (C=O) groups is 2. The van der Waals surface area contributed by atoms with E-state index in [0.29, 0.717) is 25.6 Å². The van der Waals surface area contributed by atoms with Gasteiger partial charge in [0.1, 0.15) is 5.75 Å². The lowest BCUT2D eigenvalue weighted by molar-refractivity contribution is -0.141. The number of nitrogens with one attached hydrogen (secondary N) is 1. The fourth-order valence-corrected chi connectivity index (χ4v) is 5.88. The Kier molecular flexibility index (Phi) is 7.23. The summed E-state index contributed by atoms with van der Waals surface area (Å²) in [5.41, 5.74) is 3.39. The van der Waals surface area contributed by atoms with Gasteiger partial charge < -0.3 is 19.9 Å². The van der Waals surface area contributed by atoms with Gasteiger partial charge in [-0.05, 0) is 60.6 Å². The fourth-order valence-electron chi connectivity index (χ4n) is 5.88. The number of nitrogens with zero attached hydrogens (tertiary/aromatic N) is 3. The summed E-state index contributed by atoms with van der Waals surface area (Å²) >= 11 is 0. The first kappa shape index (κ1) is 23.7. The maximum Gasteiger partial charge on any atom is 0.321 e. The van der Waals surface area contributed by atoms with Crippen molar-refractivity contribution >= 4 is 17.6 Å². The van der Waals surface area contributed by atoms with Crippen LogP contribution in [-0.4, -0.2) is 72.5 Å². The Hall–Kier alpha value is -3.06. The Morgan fingerprint density at radius 3 is 2.26 bits per heavy atom. The van der Waals surface area contributed by atoms with Crippen LogP contribution in [0.4, 0.5) is 10.5 Å². The summed E-state index contributed by atoms with van der Waals surface area (Å²) in [4.78, 5) is 33.0. The molecule has 0 spiro atoms. The maximum absolute atomic E-state index is 13.9. The number of carbonyl (C=O) groups excluding carboxylic acids is 2. The van der Waals surface area contributed by atoms with Gasteiger partial charge in [0.25, 0.3) is 0 Å². The summed E-state index contributed by atoms with van der Waals surface area (Å²) in [6.45, 7) is 4.22. The minimum Gasteiger partial charge on any atom is -0.497 e. The molecule has 2 fully saturated rings. The lowest BCUT2D eigenvalue weighted by Gasteiger charge is -2.43. The SMILES string of the molecule is COc1ccc(NC(=O)N2CCN(C(C(=O)N3CCc4ccccc4C3)C3CCCC3)CC2)cc1. The van der Waals surface area contributed by atoms with Crippen molar-refractivity contribution in [3.63, 3.8) is 0 Å². The van der Waals surface area contributed by atoms with Gasteiger partial charge >= 0.3 is 6.03 Å². The van der Waals surface area contributed by atoms with Gasteiger partial charge in [-0.25, -0.2) is 4.79 Å². The first-order chi connectivity index (χ1) is 17.1. The van der Waals surface area contributed by atoms with Crippen molar-refractivity contribution in [1.82, 2.24) is 14.7 Å². The van der Waals surface area contributed by atoms with Gasteiger partial charge in [0, 0.05) is 45.0 Å². The number of fused-ring (bicyclic) bond motifs is 1. The van der Waals surface area contributed by atoms with Gasteiger partial charge in [-0.15, -0.1) is 0 Å².